The lowest BCUT2D eigenvalue weighted by Gasteiger charge is -2.21. The van der Waals surface area contributed by atoms with E-state index in [0.717, 1.165) is 39.3 Å². The van der Waals surface area contributed by atoms with E-state index in [2.05, 4.69) is 23.6 Å². The Bertz CT molecular complexity index is 199. The zero-order valence-corrected chi connectivity index (χ0v) is 12.2. The second kappa shape index (κ2) is 9.73. The fourth-order valence-corrected chi connectivity index (χ4v) is 2.30. The van der Waals surface area contributed by atoms with Gasteiger partial charge >= 0.3 is 0 Å². The zero-order chi connectivity index (χ0) is 13.2. The topological polar surface area (TPSA) is 41.7 Å². The molecule has 2 N–H and O–H groups in total. The van der Waals surface area contributed by atoms with Crippen LogP contribution in [0.25, 0.3) is 0 Å². The minimum Gasteiger partial charge on any atom is -0.380 e. The highest BCUT2D eigenvalue weighted by Crippen LogP contribution is 2.03. The molecule has 0 saturated carbocycles. The van der Waals surface area contributed by atoms with E-state index in [1.165, 1.54) is 32.6 Å². The molecule has 0 radical (unpaired) electrons. The quantitative estimate of drug-likeness (QED) is 0.659. The Hall–Kier alpha value is -0.160. The zero-order valence-electron chi connectivity index (χ0n) is 12.2. The van der Waals surface area contributed by atoms with Crippen LogP contribution in [0, 0.1) is 5.92 Å². The van der Waals surface area contributed by atoms with Gasteiger partial charge in [-0.05, 0) is 44.9 Å². The van der Waals surface area contributed by atoms with E-state index >= 15 is 0 Å². The number of nitrogens with zero attached hydrogens (tertiary/aromatic N) is 2. The first-order chi connectivity index (χ1) is 8.72. The van der Waals surface area contributed by atoms with Crippen LogP contribution in [0.2, 0.25) is 0 Å². The van der Waals surface area contributed by atoms with Gasteiger partial charge in [0.2, 0.25) is 0 Å². The Morgan fingerprint density at radius 3 is 2.33 bits per heavy atom. The number of hydrogen-bond donors (Lipinski definition) is 1. The van der Waals surface area contributed by atoms with Crippen molar-refractivity contribution in [1.29, 1.82) is 0 Å². The molecule has 0 bridgehead atoms. The van der Waals surface area contributed by atoms with E-state index in [1.54, 1.807) is 0 Å². The number of rotatable bonds is 8. The molecule has 0 aliphatic carbocycles. The van der Waals surface area contributed by atoms with E-state index in [4.69, 9.17) is 10.5 Å². The molecule has 0 unspecified atom stereocenters. The van der Waals surface area contributed by atoms with Crippen molar-refractivity contribution in [1.82, 2.24) is 9.80 Å². The third kappa shape index (κ3) is 7.31. The second-order valence-electron chi connectivity index (χ2n) is 5.65. The SMILES string of the molecule is CC(C)COCCN1CCCN(CCCN)CC1. The molecule has 0 aromatic carbocycles. The van der Waals surface area contributed by atoms with Crippen LogP contribution in [0.1, 0.15) is 26.7 Å². The first kappa shape index (κ1) is 15.9. The largest absolute Gasteiger partial charge is 0.380 e. The highest BCUT2D eigenvalue weighted by molar-refractivity contribution is 4.69. The predicted octanol–water partition coefficient (Wildman–Crippen LogP) is 1.02. The molecule has 0 spiro atoms. The Morgan fingerprint density at radius 2 is 1.72 bits per heavy atom. The first-order valence-corrected chi connectivity index (χ1v) is 7.45. The van der Waals surface area contributed by atoms with Crippen molar-refractivity contribution in [2.24, 2.45) is 11.7 Å². The fourth-order valence-electron chi connectivity index (χ4n) is 2.30. The van der Waals surface area contributed by atoms with Gasteiger partial charge in [-0.2, -0.15) is 0 Å². The van der Waals surface area contributed by atoms with E-state index in [-0.39, 0.29) is 0 Å². The highest BCUT2D eigenvalue weighted by Gasteiger charge is 2.13. The molecule has 1 heterocycles. The molecule has 4 heteroatoms. The summed E-state index contributed by atoms with van der Waals surface area (Å²) in [6.07, 6.45) is 2.40. The van der Waals surface area contributed by atoms with Gasteiger partial charge in [0.05, 0.1) is 6.61 Å². The summed E-state index contributed by atoms with van der Waals surface area (Å²) < 4.78 is 5.66. The highest BCUT2D eigenvalue weighted by atomic mass is 16.5. The van der Waals surface area contributed by atoms with Crippen LogP contribution in [-0.4, -0.2) is 68.8 Å². The van der Waals surface area contributed by atoms with E-state index in [0.29, 0.717) is 5.92 Å². The Labute approximate surface area is 112 Å². The summed E-state index contributed by atoms with van der Waals surface area (Å²) in [5, 5.41) is 0. The maximum absolute atomic E-state index is 5.66. The van der Waals surface area contributed by atoms with Crippen LogP contribution in [-0.2, 0) is 4.74 Å². The standard InChI is InChI=1S/C14H31N3O/c1-14(2)13-18-12-11-17-8-4-7-16(9-10-17)6-3-5-15/h14H,3-13,15H2,1-2H3. The van der Waals surface area contributed by atoms with Gasteiger partial charge in [0, 0.05) is 26.2 Å². The van der Waals surface area contributed by atoms with Crippen molar-refractivity contribution < 1.29 is 4.74 Å². The Kier molecular flexibility index (Phi) is 8.59. The summed E-state index contributed by atoms with van der Waals surface area (Å²) >= 11 is 0. The molecule has 1 rings (SSSR count). The summed E-state index contributed by atoms with van der Waals surface area (Å²) in [7, 11) is 0. The molecule has 0 atom stereocenters. The first-order valence-electron chi connectivity index (χ1n) is 7.45. The van der Waals surface area contributed by atoms with Crippen LogP contribution in [0.4, 0.5) is 0 Å². The van der Waals surface area contributed by atoms with Gasteiger partial charge in [0.25, 0.3) is 0 Å². The van der Waals surface area contributed by atoms with Gasteiger partial charge in [0.1, 0.15) is 0 Å². The molecule has 1 aliphatic rings. The summed E-state index contributed by atoms with van der Waals surface area (Å²) in [6.45, 7) is 14.0. The Balaban J connectivity index is 2.09. The third-order valence-electron chi connectivity index (χ3n) is 3.36. The summed E-state index contributed by atoms with van der Waals surface area (Å²) in [4.78, 5) is 5.07. The van der Waals surface area contributed by atoms with Crippen LogP contribution in [0.3, 0.4) is 0 Å². The third-order valence-corrected chi connectivity index (χ3v) is 3.36. The van der Waals surface area contributed by atoms with Gasteiger partial charge in [0.15, 0.2) is 0 Å². The maximum atomic E-state index is 5.66. The predicted molar refractivity (Wildman–Crippen MR) is 76.8 cm³/mol. The fraction of sp³-hybridized carbons (Fsp3) is 1.00. The smallest absolute Gasteiger partial charge is 0.0593 e. The van der Waals surface area contributed by atoms with Crippen LogP contribution >= 0.6 is 0 Å². The molecular weight excluding hydrogens is 226 g/mol. The molecule has 1 saturated heterocycles. The van der Waals surface area contributed by atoms with Crippen molar-refractivity contribution in [2.45, 2.75) is 26.7 Å². The van der Waals surface area contributed by atoms with Crippen molar-refractivity contribution in [3.8, 4) is 0 Å². The minimum absolute atomic E-state index is 0.640. The molecule has 4 nitrogen and oxygen atoms in total. The van der Waals surface area contributed by atoms with Crippen LogP contribution in [0.5, 0.6) is 0 Å². The van der Waals surface area contributed by atoms with Gasteiger partial charge in [-0.25, -0.2) is 0 Å². The summed E-state index contributed by atoms with van der Waals surface area (Å²) in [6, 6.07) is 0. The Morgan fingerprint density at radius 1 is 1.06 bits per heavy atom. The van der Waals surface area contributed by atoms with Gasteiger partial charge in [-0.3, -0.25) is 4.90 Å². The number of hydrogen-bond acceptors (Lipinski definition) is 4. The number of ether oxygens (including phenoxy) is 1. The number of nitrogens with two attached hydrogens (primary N) is 1. The van der Waals surface area contributed by atoms with Crippen molar-refractivity contribution in [3.05, 3.63) is 0 Å². The van der Waals surface area contributed by atoms with Crippen LogP contribution < -0.4 is 5.73 Å². The normalized spacial score (nSPS) is 19.3. The van der Waals surface area contributed by atoms with Crippen molar-refractivity contribution in [2.75, 3.05) is 59.0 Å². The maximum Gasteiger partial charge on any atom is 0.0593 e. The molecule has 1 fully saturated rings. The lowest BCUT2D eigenvalue weighted by atomic mass is 10.2. The molecule has 18 heavy (non-hydrogen) atoms. The summed E-state index contributed by atoms with van der Waals surface area (Å²) in [5.41, 5.74) is 5.56. The molecule has 0 amide bonds. The van der Waals surface area contributed by atoms with Crippen molar-refractivity contribution >= 4 is 0 Å². The second-order valence-corrected chi connectivity index (χ2v) is 5.65. The average molecular weight is 257 g/mol. The minimum atomic E-state index is 0.640. The molecule has 0 aromatic heterocycles. The van der Waals surface area contributed by atoms with E-state index in [1.807, 2.05) is 0 Å². The molecule has 1 aliphatic heterocycles. The van der Waals surface area contributed by atoms with E-state index in [9.17, 15) is 0 Å². The van der Waals surface area contributed by atoms with Gasteiger partial charge < -0.3 is 15.4 Å². The summed E-state index contributed by atoms with van der Waals surface area (Å²) in [5.74, 6) is 0.640. The van der Waals surface area contributed by atoms with Gasteiger partial charge in [-0.1, -0.05) is 13.8 Å². The van der Waals surface area contributed by atoms with Gasteiger partial charge in [-0.15, -0.1) is 0 Å². The monoisotopic (exact) mass is 257 g/mol. The van der Waals surface area contributed by atoms with Crippen LogP contribution in [0.15, 0.2) is 0 Å². The molecule has 108 valence electrons. The lowest BCUT2D eigenvalue weighted by molar-refractivity contribution is 0.0862. The molecular formula is C14H31N3O. The lowest BCUT2D eigenvalue weighted by Crippen LogP contribution is -2.33. The average Bonchev–Trinajstić information content (AvgIpc) is 2.57. The van der Waals surface area contributed by atoms with E-state index < -0.39 is 0 Å². The molecule has 0 aromatic rings. The van der Waals surface area contributed by atoms with Crippen molar-refractivity contribution in [3.63, 3.8) is 0 Å².